The van der Waals surface area contributed by atoms with Crippen LogP contribution in [0, 0.1) is 0 Å². The molecule has 0 heterocycles. The van der Waals surface area contributed by atoms with Crippen molar-refractivity contribution in [1.82, 2.24) is 4.31 Å². The van der Waals surface area contributed by atoms with Crippen molar-refractivity contribution in [2.24, 2.45) is 0 Å². The van der Waals surface area contributed by atoms with Crippen LogP contribution in [0.15, 0.2) is 29.2 Å². The topological polar surface area (TPSA) is 37.4 Å². The lowest BCUT2D eigenvalue weighted by Gasteiger charge is -2.23. The predicted molar refractivity (Wildman–Crippen MR) is 69.6 cm³/mol. The van der Waals surface area contributed by atoms with Crippen molar-refractivity contribution in [1.29, 1.82) is 0 Å². The van der Waals surface area contributed by atoms with E-state index < -0.39 is 21.8 Å². The van der Waals surface area contributed by atoms with Crippen LogP contribution in [-0.4, -0.2) is 31.1 Å². The van der Waals surface area contributed by atoms with Gasteiger partial charge in [0.25, 0.3) is 0 Å². The van der Waals surface area contributed by atoms with Gasteiger partial charge >= 0.3 is 6.18 Å². The smallest absolute Gasteiger partial charge is 0.207 e. The van der Waals surface area contributed by atoms with Gasteiger partial charge in [-0.3, -0.25) is 0 Å². The summed E-state index contributed by atoms with van der Waals surface area (Å²) in [6, 6.07) is 3.36. The second-order valence-electron chi connectivity index (χ2n) is 4.05. The molecule has 1 atom stereocenters. The Balaban J connectivity index is 3.23. The van der Waals surface area contributed by atoms with Crippen LogP contribution in [0.1, 0.15) is 12.5 Å². The molecular weight excluding hydrogens is 347 g/mol. The van der Waals surface area contributed by atoms with Gasteiger partial charge in [-0.25, -0.2) is 8.42 Å². The van der Waals surface area contributed by atoms with Gasteiger partial charge in [0.1, 0.15) is 0 Å². The molecule has 0 amide bonds. The van der Waals surface area contributed by atoms with E-state index in [1.54, 1.807) is 6.92 Å². The molecule has 108 valence electrons. The van der Waals surface area contributed by atoms with Gasteiger partial charge < -0.3 is 0 Å². The van der Waals surface area contributed by atoms with Gasteiger partial charge in [-0.05, 0) is 25.1 Å². The predicted octanol–water partition coefficient (Wildman–Crippen LogP) is 3.11. The molecule has 0 aromatic heterocycles. The lowest BCUT2D eigenvalue weighted by Crippen LogP contribution is -2.36. The van der Waals surface area contributed by atoms with Crippen LogP contribution in [0.3, 0.4) is 0 Å². The summed E-state index contributed by atoms with van der Waals surface area (Å²) in [6.45, 7) is 1.65. The summed E-state index contributed by atoms with van der Waals surface area (Å²) >= 11 is 3.14. The number of nitrogens with zero attached hydrogens (tertiary/aromatic N) is 1. The SMILES string of the molecule is CC(CBr)N(C)S(=O)(=O)c1cccc(C(F)(F)F)c1. The third kappa shape index (κ3) is 3.70. The van der Waals surface area contributed by atoms with Crippen molar-refractivity contribution in [3.63, 3.8) is 0 Å². The van der Waals surface area contributed by atoms with Crippen LogP contribution in [0.25, 0.3) is 0 Å². The van der Waals surface area contributed by atoms with Crippen LogP contribution in [0.4, 0.5) is 13.2 Å². The fraction of sp³-hybridized carbons (Fsp3) is 0.455. The van der Waals surface area contributed by atoms with Crippen molar-refractivity contribution in [3.05, 3.63) is 29.8 Å². The highest BCUT2D eigenvalue weighted by atomic mass is 79.9. The van der Waals surface area contributed by atoms with E-state index in [1.165, 1.54) is 7.05 Å². The minimum absolute atomic E-state index is 0.362. The molecule has 0 aliphatic rings. The number of hydrogen-bond acceptors (Lipinski definition) is 2. The van der Waals surface area contributed by atoms with Crippen molar-refractivity contribution in [2.45, 2.75) is 24.0 Å². The summed E-state index contributed by atoms with van der Waals surface area (Å²) < 4.78 is 63.0. The van der Waals surface area contributed by atoms with Crippen molar-refractivity contribution in [3.8, 4) is 0 Å². The molecule has 0 spiro atoms. The fourth-order valence-corrected chi connectivity index (χ4v) is 3.37. The maximum atomic E-state index is 12.6. The highest BCUT2D eigenvalue weighted by Crippen LogP contribution is 2.31. The Morgan fingerprint density at radius 1 is 1.37 bits per heavy atom. The quantitative estimate of drug-likeness (QED) is 0.774. The summed E-state index contributed by atoms with van der Waals surface area (Å²) in [5, 5.41) is 0.391. The fourth-order valence-electron chi connectivity index (χ4n) is 1.33. The maximum Gasteiger partial charge on any atom is 0.416 e. The van der Waals surface area contributed by atoms with Gasteiger partial charge in [0.15, 0.2) is 0 Å². The second kappa shape index (κ2) is 5.80. The van der Waals surface area contributed by atoms with E-state index in [9.17, 15) is 21.6 Å². The highest BCUT2D eigenvalue weighted by Gasteiger charge is 2.33. The van der Waals surface area contributed by atoms with Crippen molar-refractivity contribution >= 4 is 26.0 Å². The first kappa shape index (κ1) is 16.5. The van der Waals surface area contributed by atoms with E-state index in [4.69, 9.17) is 0 Å². The summed E-state index contributed by atoms with van der Waals surface area (Å²) in [6.07, 6.45) is -4.56. The molecule has 1 unspecified atom stereocenters. The lowest BCUT2D eigenvalue weighted by molar-refractivity contribution is -0.137. The van der Waals surface area contributed by atoms with Crippen LogP contribution in [0.5, 0.6) is 0 Å². The molecule has 8 heteroatoms. The van der Waals surface area contributed by atoms with Gasteiger partial charge in [-0.2, -0.15) is 17.5 Å². The standard InChI is InChI=1S/C11H13BrF3NO2S/c1-8(7-12)16(2)19(17,18)10-5-3-4-9(6-10)11(13,14)15/h3-6,8H,7H2,1-2H3. The Morgan fingerprint density at radius 2 is 1.95 bits per heavy atom. The van der Waals surface area contributed by atoms with E-state index >= 15 is 0 Å². The Labute approximate surface area is 118 Å². The molecule has 1 aromatic carbocycles. The van der Waals surface area contributed by atoms with E-state index in [2.05, 4.69) is 15.9 Å². The molecule has 0 fully saturated rings. The number of sulfonamides is 1. The Kier molecular flexibility index (Phi) is 5.02. The second-order valence-corrected chi connectivity index (χ2v) is 6.70. The average Bonchev–Trinajstić information content (AvgIpc) is 2.36. The van der Waals surface area contributed by atoms with Crippen LogP contribution in [0.2, 0.25) is 0 Å². The van der Waals surface area contributed by atoms with Gasteiger partial charge in [-0.1, -0.05) is 22.0 Å². The van der Waals surface area contributed by atoms with Crippen LogP contribution >= 0.6 is 15.9 Å². The third-order valence-corrected chi connectivity index (χ3v) is 5.59. The molecule has 0 saturated carbocycles. The first-order valence-corrected chi connectivity index (χ1v) is 7.88. The molecule has 0 aliphatic heterocycles. The average molecular weight is 360 g/mol. The highest BCUT2D eigenvalue weighted by molar-refractivity contribution is 9.09. The first-order valence-electron chi connectivity index (χ1n) is 5.32. The molecular formula is C11H13BrF3NO2S. The minimum atomic E-state index is -4.56. The number of alkyl halides is 4. The maximum absolute atomic E-state index is 12.6. The number of rotatable bonds is 4. The normalized spacial score (nSPS) is 14.7. The van der Waals surface area contributed by atoms with Gasteiger partial charge in [0.05, 0.1) is 10.5 Å². The van der Waals surface area contributed by atoms with E-state index in [0.717, 1.165) is 22.5 Å². The molecule has 19 heavy (non-hydrogen) atoms. The lowest BCUT2D eigenvalue weighted by atomic mass is 10.2. The van der Waals surface area contributed by atoms with Gasteiger partial charge in [-0.15, -0.1) is 0 Å². The van der Waals surface area contributed by atoms with E-state index in [0.29, 0.717) is 11.4 Å². The van der Waals surface area contributed by atoms with Gasteiger partial charge in [0, 0.05) is 18.4 Å². The summed E-state index contributed by atoms with van der Waals surface area (Å²) in [5.74, 6) is 0. The molecule has 0 N–H and O–H groups in total. The summed E-state index contributed by atoms with van der Waals surface area (Å²) in [4.78, 5) is -0.363. The summed E-state index contributed by atoms with van der Waals surface area (Å²) in [5.41, 5.74) is -0.978. The summed E-state index contributed by atoms with van der Waals surface area (Å²) in [7, 11) is -2.59. The molecule has 1 rings (SSSR count). The van der Waals surface area contributed by atoms with E-state index in [1.807, 2.05) is 0 Å². The zero-order chi connectivity index (χ0) is 14.8. The zero-order valence-corrected chi connectivity index (χ0v) is 12.7. The van der Waals surface area contributed by atoms with Crippen LogP contribution in [-0.2, 0) is 16.2 Å². The number of halogens is 4. The van der Waals surface area contributed by atoms with Crippen LogP contribution < -0.4 is 0 Å². The molecule has 0 saturated heterocycles. The zero-order valence-electron chi connectivity index (χ0n) is 10.3. The molecule has 3 nitrogen and oxygen atoms in total. The molecule has 0 aliphatic carbocycles. The minimum Gasteiger partial charge on any atom is -0.207 e. The third-order valence-electron chi connectivity index (χ3n) is 2.68. The Bertz CT molecular complexity index is 545. The molecule has 1 aromatic rings. The van der Waals surface area contributed by atoms with Crippen molar-refractivity contribution in [2.75, 3.05) is 12.4 Å². The Morgan fingerprint density at radius 3 is 2.42 bits per heavy atom. The van der Waals surface area contributed by atoms with E-state index in [-0.39, 0.29) is 10.9 Å². The molecule has 0 radical (unpaired) electrons. The first-order chi connectivity index (χ1) is 8.60. The van der Waals surface area contributed by atoms with Gasteiger partial charge in [0.2, 0.25) is 10.0 Å². The number of benzene rings is 1. The molecule has 0 bridgehead atoms. The van der Waals surface area contributed by atoms with Crippen molar-refractivity contribution < 1.29 is 21.6 Å². The monoisotopic (exact) mass is 359 g/mol. The Hall–Kier alpha value is -0.600. The number of hydrogen-bond donors (Lipinski definition) is 0. The largest absolute Gasteiger partial charge is 0.416 e.